The molecule has 1 unspecified atom stereocenters. The van der Waals surface area contributed by atoms with Crippen molar-refractivity contribution in [2.75, 3.05) is 11.9 Å². The Balaban J connectivity index is 2.07. The first-order valence-corrected chi connectivity index (χ1v) is 7.82. The molecule has 1 atom stereocenters. The van der Waals surface area contributed by atoms with E-state index in [4.69, 9.17) is 9.31 Å². The lowest BCUT2D eigenvalue weighted by Crippen LogP contribution is -2.44. The number of nitrogens with one attached hydrogen (secondary N) is 2. The minimum Gasteiger partial charge on any atom is -0.399 e. The first-order valence-electron chi connectivity index (χ1n) is 7.82. The van der Waals surface area contributed by atoms with Gasteiger partial charge in [0.1, 0.15) is 0 Å². The minimum absolute atomic E-state index is 0.205. The van der Waals surface area contributed by atoms with E-state index in [0.717, 1.165) is 17.6 Å². The largest absolute Gasteiger partial charge is 0.494 e. The van der Waals surface area contributed by atoms with Crippen molar-refractivity contribution in [3.05, 3.63) is 24.3 Å². The fraction of sp³-hybridized carbons (Fsp3) is 0.562. The maximum atomic E-state index is 11.5. The van der Waals surface area contributed by atoms with Gasteiger partial charge in [-0.15, -0.1) is 0 Å². The van der Waals surface area contributed by atoms with Gasteiger partial charge in [0.25, 0.3) is 0 Å². The molecule has 2 rings (SSSR count). The Kier molecular flexibility index (Phi) is 4.82. The molecular formula is C16H25BN2O3. The number of carbonyl (C=O) groups excluding carboxylic acids is 1. The van der Waals surface area contributed by atoms with Gasteiger partial charge in [-0.1, -0.05) is 19.1 Å². The Morgan fingerprint density at radius 3 is 2.27 bits per heavy atom. The van der Waals surface area contributed by atoms with E-state index in [2.05, 4.69) is 38.3 Å². The third-order valence-corrected chi connectivity index (χ3v) is 4.50. The summed E-state index contributed by atoms with van der Waals surface area (Å²) in [6.45, 7) is 10.8. The second-order valence-electron chi connectivity index (χ2n) is 6.27. The molecule has 6 heteroatoms. The number of anilines is 1. The fourth-order valence-corrected chi connectivity index (χ4v) is 2.50. The van der Waals surface area contributed by atoms with E-state index < -0.39 is 0 Å². The molecule has 5 nitrogen and oxygen atoms in total. The molecule has 2 amide bonds. The van der Waals surface area contributed by atoms with Gasteiger partial charge in [-0.05, 0) is 51.7 Å². The molecule has 0 bridgehead atoms. The van der Waals surface area contributed by atoms with E-state index in [-0.39, 0.29) is 24.4 Å². The molecule has 1 aliphatic heterocycles. The topological polar surface area (TPSA) is 59.6 Å². The summed E-state index contributed by atoms with van der Waals surface area (Å²) >= 11 is 0. The SMILES string of the molecule is CCNC(=O)Nc1ccc(B2OC(C)(C)C(C)(CC)O2)cc1. The summed E-state index contributed by atoms with van der Waals surface area (Å²) in [6.07, 6.45) is 0.882. The smallest absolute Gasteiger partial charge is 0.399 e. The van der Waals surface area contributed by atoms with Crippen LogP contribution in [0.3, 0.4) is 0 Å². The van der Waals surface area contributed by atoms with E-state index >= 15 is 0 Å². The van der Waals surface area contributed by atoms with Crippen LogP contribution in [-0.2, 0) is 9.31 Å². The lowest BCUT2D eigenvalue weighted by atomic mass is 9.79. The first kappa shape index (κ1) is 16.8. The van der Waals surface area contributed by atoms with Gasteiger partial charge in [-0.2, -0.15) is 0 Å². The van der Waals surface area contributed by atoms with Crippen molar-refractivity contribution >= 4 is 24.3 Å². The molecule has 120 valence electrons. The number of carbonyl (C=O) groups is 1. The first-order chi connectivity index (χ1) is 10.3. The quantitative estimate of drug-likeness (QED) is 0.840. The van der Waals surface area contributed by atoms with Gasteiger partial charge in [-0.25, -0.2) is 4.79 Å². The van der Waals surface area contributed by atoms with Crippen molar-refractivity contribution in [3.63, 3.8) is 0 Å². The van der Waals surface area contributed by atoms with Crippen molar-refractivity contribution < 1.29 is 14.1 Å². The number of urea groups is 1. The summed E-state index contributed by atoms with van der Waals surface area (Å²) < 4.78 is 12.2. The average Bonchev–Trinajstić information content (AvgIpc) is 2.71. The normalized spacial score (nSPS) is 23.4. The van der Waals surface area contributed by atoms with Crippen LogP contribution in [0.1, 0.15) is 41.0 Å². The zero-order chi connectivity index (χ0) is 16.4. The third-order valence-electron chi connectivity index (χ3n) is 4.50. The second-order valence-corrected chi connectivity index (χ2v) is 6.27. The molecule has 1 aromatic rings. The highest BCUT2D eigenvalue weighted by molar-refractivity contribution is 6.62. The van der Waals surface area contributed by atoms with Crippen molar-refractivity contribution in [3.8, 4) is 0 Å². The van der Waals surface area contributed by atoms with Crippen LogP contribution in [0.2, 0.25) is 0 Å². The van der Waals surface area contributed by atoms with Gasteiger partial charge in [-0.3, -0.25) is 0 Å². The van der Waals surface area contributed by atoms with E-state index in [1.165, 1.54) is 0 Å². The fourth-order valence-electron chi connectivity index (χ4n) is 2.50. The summed E-state index contributed by atoms with van der Waals surface area (Å²) in [7, 11) is -0.376. The van der Waals surface area contributed by atoms with Crippen LogP contribution < -0.4 is 16.1 Å². The van der Waals surface area contributed by atoms with Crippen molar-refractivity contribution in [2.45, 2.75) is 52.2 Å². The molecule has 1 saturated heterocycles. The highest BCUT2D eigenvalue weighted by Crippen LogP contribution is 2.39. The van der Waals surface area contributed by atoms with Crippen LogP contribution in [0.25, 0.3) is 0 Å². The van der Waals surface area contributed by atoms with E-state index in [1.807, 2.05) is 31.2 Å². The maximum absolute atomic E-state index is 11.5. The van der Waals surface area contributed by atoms with Crippen LogP contribution in [0.5, 0.6) is 0 Å². The number of benzene rings is 1. The molecule has 22 heavy (non-hydrogen) atoms. The molecule has 0 aliphatic carbocycles. The Hall–Kier alpha value is -1.53. The Morgan fingerprint density at radius 2 is 1.77 bits per heavy atom. The van der Waals surface area contributed by atoms with E-state index in [1.54, 1.807) is 0 Å². The van der Waals surface area contributed by atoms with Gasteiger partial charge >= 0.3 is 13.1 Å². The van der Waals surface area contributed by atoms with Crippen LogP contribution >= 0.6 is 0 Å². The molecule has 0 aromatic heterocycles. The third kappa shape index (κ3) is 3.28. The second kappa shape index (κ2) is 6.30. The number of rotatable bonds is 4. The summed E-state index contributed by atoms with van der Waals surface area (Å²) in [5.74, 6) is 0. The van der Waals surface area contributed by atoms with Gasteiger partial charge in [0, 0.05) is 12.2 Å². The summed E-state index contributed by atoms with van der Waals surface area (Å²) in [5, 5.41) is 5.47. The zero-order valence-corrected chi connectivity index (χ0v) is 14.0. The Bertz CT molecular complexity index is 533. The Labute approximate surface area is 132 Å². The molecule has 1 aliphatic rings. The van der Waals surface area contributed by atoms with Crippen LogP contribution in [-0.4, -0.2) is 30.9 Å². The minimum atomic E-state index is -0.376. The summed E-state index contributed by atoms with van der Waals surface area (Å²) in [4.78, 5) is 11.5. The molecule has 2 N–H and O–H groups in total. The average molecular weight is 304 g/mol. The number of amides is 2. The van der Waals surface area contributed by atoms with Crippen LogP contribution in [0.4, 0.5) is 10.5 Å². The van der Waals surface area contributed by atoms with Crippen molar-refractivity contribution in [2.24, 2.45) is 0 Å². The van der Waals surface area contributed by atoms with E-state index in [9.17, 15) is 4.79 Å². The monoisotopic (exact) mass is 304 g/mol. The lowest BCUT2D eigenvalue weighted by Gasteiger charge is -2.35. The highest BCUT2D eigenvalue weighted by Gasteiger charge is 2.53. The molecule has 1 fully saturated rings. The number of hydrogen-bond donors (Lipinski definition) is 2. The molecule has 1 aromatic carbocycles. The van der Waals surface area contributed by atoms with E-state index in [0.29, 0.717) is 6.54 Å². The number of hydrogen-bond acceptors (Lipinski definition) is 3. The predicted molar refractivity (Wildman–Crippen MR) is 89.5 cm³/mol. The molecule has 0 saturated carbocycles. The molecule has 0 spiro atoms. The molecule has 1 heterocycles. The lowest BCUT2D eigenvalue weighted by molar-refractivity contribution is -0.0118. The van der Waals surface area contributed by atoms with Gasteiger partial charge in [0.2, 0.25) is 0 Å². The van der Waals surface area contributed by atoms with Crippen LogP contribution in [0, 0.1) is 0 Å². The molecule has 0 radical (unpaired) electrons. The summed E-state index contributed by atoms with van der Waals surface area (Å²) in [5.41, 5.74) is 1.04. The Morgan fingerprint density at radius 1 is 1.14 bits per heavy atom. The maximum Gasteiger partial charge on any atom is 0.494 e. The van der Waals surface area contributed by atoms with Crippen molar-refractivity contribution in [1.29, 1.82) is 0 Å². The van der Waals surface area contributed by atoms with Gasteiger partial charge in [0.15, 0.2) is 0 Å². The van der Waals surface area contributed by atoms with Crippen LogP contribution in [0.15, 0.2) is 24.3 Å². The molecular weight excluding hydrogens is 279 g/mol. The predicted octanol–water partition coefficient (Wildman–Crippen LogP) is 2.52. The standard InChI is InChI=1S/C16H25BN2O3/c1-6-16(5)15(3,4)21-17(22-16)12-8-10-13(11-9-12)19-14(20)18-7-2/h8-11H,6-7H2,1-5H3,(H2,18,19,20). The van der Waals surface area contributed by atoms with Gasteiger partial charge in [0.05, 0.1) is 11.2 Å². The van der Waals surface area contributed by atoms with Gasteiger partial charge < -0.3 is 19.9 Å². The summed E-state index contributed by atoms with van der Waals surface area (Å²) in [6, 6.07) is 7.34. The highest BCUT2D eigenvalue weighted by atomic mass is 16.7. The van der Waals surface area contributed by atoms with Crippen molar-refractivity contribution in [1.82, 2.24) is 5.32 Å². The zero-order valence-electron chi connectivity index (χ0n) is 14.0.